The first kappa shape index (κ1) is 62.6. The number of hydrogen-bond donors (Lipinski definition) is 0. The number of rotatable bonds is 49. The normalized spacial score (nSPS) is 13.1. The molecule has 0 saturated carbocycles. The van der Waals surface area contributed by atoms with E-state index in [1.54, 1.807) is 0 Å². The summed E-state index contributed by atoms with van der Waals surface area (Å²) in [6.07, 6.45) is 76.8. The molecule has 0 amide bonds. The molecular formula is C61H102O5. The molecule has 0 bridgehead atoms. The third kappa shape index (κ3) is 53.2. The van der Waals surface area contributed by atoms with E-state index < -0.39 is 6.10 Å². The van der Waals surface area contributed by atoms with Crippen molar-refractivity contribution in [3.05, 3.63) is 109 Å². The van der Waals surface area contributed by atoms with Crippen LogP contribution in [0.4, 0.5) is 0 Å². The van der Waals surface area contributed by atoms with Gasteiger partial charge in [-0.25, -0.2) is 0 Å². The zero-order valence-corrected chi connectivity index (χ0v) is 43.2. The first-order chi connectivity index (χ1) is 32.6. The first-order valence-electron chi connectivity index (χ1n) is 27.4. The zero-order valence-electron chi connectivity index (χ0n) is 43.2. The second kappa shape index (κ2) is 55.9. The molecule has 0 aromatic heterocycles. The van der Waals surface area contributed by atoms with E-state index in [2.05, 4.69) is 124 Å². The van der Waals surface area contributed by atoms with Crippen molar-refractivity contribution in [3.63, 3.8) is 0 Å². The Morgan fingerprint density at radius 1 is 0.348 bits per heavy atom. The van der Waals surface area contributed by atoms with Gasteiger partial charge in [-0.15, -0.1) is 0 Å². The molecular weight excluding hydrogens is 813 g/mol. The fraction of sp³-hybridized carbons (Fsp3) is 0.672. The third-order valence-corrected chi connectivity index (χ3v) is 11.3. The van der Waals surface area contributed by atoms with Gasteiger partial charge in [-0.3, -0.25) is 9.59 Å². The van der Waals surface area contributed by atoms with Crippen LogP contribution in [0, 0.1) is 0 Å². The third-order valence-electron chi connectivity index (χ3n) is 11.3. The van der Waals surface area contributed by atoms with Crippen molar-refractivity contribution in [2.75, 3.05) is 19.8 Å². The van der Waals surface area contributed by atoms with Crippen molar-refractivity contribution in [1.29, 1.82) is 0 Å². The highest BCUT2D eigenvalue weighted by atomic mass is 16.6. The van der Waals surface area contributed by atoms with Gasteiger partial charge < -0.3 is 14.2 Å². The predicted octanol–water partition coefficient (Wildman–Crippen LogP) is 18.8. The summed E-state index contributed by atoms with van der Waals surface area (Å²) in [5.41, 5.74) is 0. The predicted molar refractivity (Wildman–Crippen MR) is 288 cm³/mol. The maximum absolute atomic E-state index is 12.8. The van der Waals surface area contributed by atoms with Gasteiger partial charge in [-0.1, -0.05) is 220 Å². The highest BCUT2D eigenvalue weighted by Crippen LogP contribution is 2.13. The van der Waals surface area contributed by atoms with E-state index in [0.717, 1.165) is 83.5 Å². The van der Waals surface area contributed by atoms with Crippen molar-refractivity contribution < 1.29 is 23.8 Å². The highest BCUT2D eigenvalue weighted by Gasteiger charge is 2.17. The monoisotopic (exact) mass is 915 g/mol. The summed E-state index contributed by atoms with van der Waals surface area (Å²) >= 11 is 0. The SMILES string of the molecule is CC/C=C\C/C=C\C/C=C\C/C=C\C/C=C\C/C=C\CCC(=O)OCC(COCCCCCCCC/C=C\CCCCCCCC)OC(=O)CCCCCCC/C=C\C/C=C\CCCCC. The van der Waals surface area contributed by atoms with Crippen LogP contribution >= 0.6 is 0 Å². The van der Waals surface area contributed by atoms with Crippen LogP contribution < -0.4 is 0 Å². The molecule has 0 aliphatic heterocycles. The van der Waals surface area contributed by atoms with Crippen LogP contribution in [0.15, 0.2) is 109 Å². The van der Waals surface area contributed by atoms with Gasteiger partial charge in [-0.05, 0) is 116 Å². The van der Waals surface area contributed by atoms with E-state index in [0.29, 0.717) is 25.9 Å². The van der Waals surface area contributed by atoms with E-state index >= 15 is 0 Å². The average Bonchev–Trinajstić information content (AvgIpc) is 3.32. The van der Waals surface area contributed by atoms with E-state index in [4.69, 9.17) is 14.2 Å². The standard InChI is InChI=1S/C61H102O5/c1-4-7-10-13-16-19-22-25-28-30-31-32-34-36-39-42-45-48-51-54-60(62)65-58-59(57-64-56-53-50-47-44-41-38-35-29-26-23-20-17-14-11-8-5-2)66-61(63)55-52-49-46-43-40-37-33-27-24-21-18-15-12-9-6-3/h7,10,16,18-19,21,25-29,31-33,36,39,45,48,59H,4-6,8-9,11-15,17,20,22-24,30,34-35,37-38,40-44,46-47,49-58H2,1-3H3/b10-7-,19-16-,21-18-,28-25-,29-26-,32-31-,33-27-,39-36-,48-45-. The number of unbranched alkanes of at least 4 members (excludes halogenated alkanes) is 20. The molecule has 1 atom stereocenters. The molecule has 0 aromatic rings. The Morgan fingerprint density at radius 3 is 1.20 bits per heavy atom. The van der Waals surface area contributed by atoms with Gasteiger partial charge in [0.2, 0.25) is 0 Å². The molecule has 66 heavy (non-hydrogen) atoms. The quantitative estimate of drug-likeness (QED) is 0.0346. The molecule has 0 N–H and O–H groups in total. The molecule has 0 rings (SSSR count). The van der Waals surface area contributed by atoms with Crippen LogP contribution in [-0.4, -0.2) is 37.9 Å². The number of esters is 2. The number of carbonyl (C=O) groups excluding carboxylic acids is 2. The molecule has 0 saturated heterocycles. The van der Waals surface area contributed by atoms with Crippen molar-refractivity contribution >= 4 is 11.9 Å². The van der Waals surface area contributed by atoms with Crippen LogP contribution in [0.1, 0.15) is 239 Å². The Hall–Kier alpha value is -3.44. The van der Waals surface area contributed by atoms with Gasteiger partial charge in [0, 0.05) is 19.4 Å². The minimum absolute atomic E-state index is 0.0316. The van der Waals surface area contributed by atoms with Crippen LogP contribution in [-0.2, 0) is 23.8 Å². The van der Waals surface area contributed by atoms with Crippen LogP contribution in [0.25, 0.3) is 0 Å². The number of allylic oxidation sites excluding steroid dienone is 18. The van der Waals surface area contributed by atoms with Crippen LogP contribution in [0.3, 0.4) is 0 Å². The van der Waals surface area contributed by atoms with Gasteiger partial charge in [0.1, 0.15) is 6.61 Å². The van der Waals surface area contributed by atoms with Gasteiger partial charge in [-0.2, -0.15) is 0 Å². The van der Waals surface area contributed by atoms with Crippen molar-refractivity contribution in [1.82, 2.24) is 0 Å². The largest absolute Gasteiger partial charge is 0.462 e. The van der Waals surface area contributed by atoms with Gasteiger partial charge in [0.25, 0.3) is 0 Å². The minimum atomic E-state index is -0.584. The summed E-state index contributed by atoms with van der Waals surface area (Å²) in [7, 11) is 0. The maximum atomic E-state index is 12.8. The summed E-state index contributed by atoms with van der Waals surface area (Å²) < 4.78 is 17.4. The molecule has 0 aliphatic rings. The lowest BCUT2D eigenvalue weighted by atomic mass is 10.1. The van der Waals surface area contributed by atoms with E-state index in [1.165, 1.54) is 116 Å². The topological polar surface area (TPSA) is 61.8 Å². The summed E-state index contributed by atoms with van der Waals surface area (Å²) in [5, 5.41) is 0. The highest BCUT2D eigenvalue weighted by molar-refractivity contribution is 5.70. The van der Waals surface area contributed by atoms with Crippen molar-refractivity contribution in [2.45, 2.75) is 245 Å². The fourth-order valence-corrected chi connectivity index (χ4v) is 7.21. The van der Waals surface area contributed by atoms with Crippen molar-refractivity contribution in [3.8, 4) is 0 Å². The summed E-state index contributed by atoms with van der Waals surface area (Å²) in [5.74, 6) is -0.516. The number of carbonyl (C=O) groups is 2. The lowest BCUT2D eigenvalue weighted by Crippen LogP contribution is -2.30. The molecule has 0 aliphatic carbocycles. The lowest BCUT2D eigenvalue weighted by Gasteiger charge is -2.18. The first-order valence-corrected chi connectivity index (χ1v) is 27.4. The summed E-state index contributed by atoms with van der Waals surface area (Å²) in [4.78, 5) is 25.4. The Balaban J connectivity index is 4.44. The van der Waals surface area contributed by atoms with Gasteiger partial charge in [0.15, 0.2) is 6.10 Å². The fourth-order valence-electron chi connectivity index (χ4n) is 7.21. The molecule has 376 valence electrons. The molecule has 0 spiro atoms. The summed E-state index contributed by atoms with van der Waals surface area (Å²) in [6, 6.07) is 0. The summed E-state index contributed by atoms with van der Waals surface area (Å²) in [6.45, 7) is 7.58. The second-order valence-electron chi connectivity index (χ2n) is 17.7. The molecule has 0 radical (unpaired) electrons. The van der Waals surface area contributed by atoms with E-state index in [9.17, 15) is 9.59 Å². The van der Waals surface area contributed by atoms with Gasteiger partial charge in [0.05, 0.1) is 6.61 Å². The lowest BCUT2D eigenvalue weighted by molar-refractivity contribution is -0.162. The number of ether oxygens (including phenoxy) is 3. The molecule has 5 heteroatoms. The Labute approximate surface area is 408 Å². The van der Waals surface area contributed by atoms with E-state index in [1.807, 2.05) is 6.08 Å². The number of hydrogen-bond acceptors (Lipinski definition) is 5. The molecule has 0 heterocycles. The molecule has 5 nitrogen and oxygen atoms in total. The van der Waals surface area contributed by atoms with Crippen LogP contribution in [0.5, 0.6) is 0 Å². The van der Waals surface area contributed by atoms with Crippen LogP contribution in [0.2, 0.25) is 0 Å². The Morgan fingerprint density at radius 2 is 0.712 bits per heavy atom. The molecule has 0 fully saturated rings. The van der Waals surface area contributed by atoms with E-state index in [-0.39, 0.29) is 25.2 Å². The average molecular weight is 915 g/mol. The zero-order chi connectivity index (χ0) is 47.7. The smallest absolute Gasteiger partial charge is 0.306 e. The Bertz CT molecular complexity index is 1310. The van der Waals surface area contributed by atoms with Crippen molar-refractivity contribution in [2.24, 2.45) is 0 Å². The molecule has 1 unspecified atom stereocenters. The minimum Gasteiger partial charge on any atom is -0.462 e. The van der Waals surface area contributed by atoms with Gasteiger partial charge >= 0.3 is 11.9 Å². The molecule has 0 aromatic carbocycles. The second-order valence-corrected chi connectivity index (χ2v) is 17.7. The Kier molecular flexibility index (Phi) is 53.0. The maximum Gasteiger partial charge on any atom is 0.306 e.